The van der Waals surface area contributed by atoms with Crippen LogP contribution < -0.4 is 5.32 Å². The van der Waals surface area contributed by atoms with Crippen molar-refractivity contribution in [1.29, 1.82) is 0 Å². The molecule has 2 heterocycles. The van der Waals surface area contributed by atoms with Gasteiger partial charge in [0.25, 0.3) is 0 Å². The van der Waals surface area contributed by atoms with Gasteiger partial charge in [0.1, 0.15) is 0 Å². The van der Waals surface area contributed by atoms with Crippen molar-refractivity contribution in [3.8, 4) is 0 Å². The third-order valence-electron chi connectivity index (χ3n) is 4.32. The van der Waals surface area contributed by atoms with E-state index in [1.165, 1.54) is 19.3 Å². The SMILES string of the molecule is CCOC1CCN(C(=O)CCC2CCCCN2)CC1. The first-order chi connectivity index (χ1) is 9.29. The second-order valence-corrected chi connectivity index (χ2v) is 5.72. The summed E-state index contributed by atoms with van der Waals surface area (Å²) in [4.78, 5) is 14.2. The number of piperidine rings is 2. The first kappa shape index (κ1) is 14.8. The zero-order valence-electron chi connectivity index (χ0n) is 12.2. The maximum atomic E-state index is 12.2. The van der Waals surface area contributed by atoms with Crippen LogP contribution >= 0.6 is 0 Å². The average Bonchev–Trinajstić information content (AvgIpc) is 2.47. The second kappa shape index (κ2) is 7.85. The van der Waals surface area contributed by atoms with Gasteiger partial charge in [-0.3, -0.25) is 4.79 Å². The number of hydrogen-bond acceptors (Lipinski definition) is 3. The number of hydrogen-bond donors (Lipinski definition) is 1. The van der Waals surface area contributed by atoms with E-state index in [2.05, 4.69) is 5.32 Å². The van der Waals surface area contributed by atoms with Crippen LogP contribution in [0.25, 0.3) is 0 Å². The lowest BCUT2D eigenvalue weighted by Crippen LogP contribution is -2.42. The zero-order valence-corrected chi connectivity index (χ0v) is 12.2. The fourth-order valence-electron chi connectivity index (χ4n) is 3.13. The van der Waals surface area contributed by atoms with E-state index < -0.39 is 0 Å². The molecule has 2 aliphatic rings. The molecule has 0 spiro atoms. The molecule has 4 nitrogen and oxygen atoms in total. The number of likely N-dealkylation sites (tertiary alicyclic amines) is 1. The Morgan fingerprint density at radius 1 is 1.26 bits per heavy atom. The molecule has 2 saturated heterocycles. The molecule has 2 rings (SSSR count). The first-order valence-corrected chi connectivity index (χ1v) is 7.92. The fraction of sp³-hybridized carbons (Fsp3) is 0.933. The van der Waals surface area contributed by atoms with E-state index in [1.54, 1.807) is 0 Å². The summed E-state index contributed by atoms with van der Waals surface area (Å²) < 4.78 is 5.62. The monoisotopic (exact) mass is 268 g/mol. The van der Waals surface area contributed by atoms with E-state index >= 15 is 0 Å². The predicted molar refractivity (Wildman–Crippen MR) is 76.1 cm³/mol. The highest BCUT2D eigenvalue weighted by Gasteiger charge is 2.23. The summed E-state index contributed by atoms with van der Waals surface area (Å²) in [5.74, 6) is 0.335. The Morgan fingerprint density at radius 3 is 2.68 bits per heavy atom. The molecule has 2 fully saturated rings. The summed E-state index contributed by atoms with van der Waals surface area (Å²) in [7, 11) is 0. The maximum absolute atomic E-state index is 12.2. The van der Waals surface area contributed by atoms with Gasteiger partial charge in [0.15, 0.2) is 0 Å². The Kier molecular flexibility index (Phi) is 6.11. The number of amides is 1. The molecule has 0 aromatic rings. The van der Waals surface area contributed by atoms with Gasteiger partial charge in [-0.05, 0) is 45.6 Å². The van der Waals surface area contributed by atoms with Crippen LogP contribution in [-0.4, -0.2) is 49.2 Å². The van der Waals surface area contributed by atoms with E-state index in [0.717, 1.165) is 45.5 Å². The summed E-state index contributed by atoms with van der Waals surface area (Å²) in [5.41, 5.74) is 0. The van der Waals surface area contributed by atoms with Gasteiger partial charge in [0.05, 0.1) is 6.10 Å². The summed E-state index contributed by atoms with van der Waals surface area (Å²) in [5, 5.41) is 3.51. The molecule has 1 amide bonds. The Bertz CT molecular complexity index is 269. The van der Waals surface area contributed by atoms with Crippen molar-refractivity contribution >= 4 is 5.91 Å². The summed E-state index contributed by atoms with van der Waals surface area (Å²) in [6.07, 6.45) is 7.92. The summed E-state index contributed by atoms with van der Waals surface area (Å²) >= 11 is 0. The van der Waals surface area contributed by atoms with Crippen LogP contribution in [0, 0.1) is 0 Å². The second-order valence-electron chi connectivity index (χ2n) is 5.72. The van der Waals surface area contributed by atoms with Crippen molar-refractivity contribution < 1.29 is 9.53 Å². The largest absolute Gasteiger partial charge is 0.378 e. The average molecular weight is 268 g/mol. The lowest BCUT2D eigenvalue weighted by molar-refractivity contribution is -0.134. The molecule has 0 aromatic carbocycles. The van der Waals surface area contributed by atoms with E-state index in [1.807, 2.05) is 11.8 Å². The van der Waals surface area contributed by atoms with Gasteiger partial charge < -0.3 is 15.0 Å². The maximum Gasteiger partial charge on any atom is 0.222 e. The zero-order chi connectivity index (χ0) is 13.5. The van der Waals surface area contributed by atoms with Crippen LogP contribution in [0.5, 0.6) is 0 Å². The van der Waals surface area contributed by atoms with Gasteiger partial charge in [-0.15, -0.1) is 0 Å². The van der Waals surface area contributed by atoms with E-state index in [-0.39, 0.29) is 0 Å². The van der Waals surface area contributed by atoms with Crippen LogP contribution in [0.3, 0.4) is 0 Å². The summed E-state index contributed by atoms with van der Waals surface area (Å²) in [6.45, 7) is 5.70. The number of carbonyl (C=O) groups excluding carboxylic acids is 1. The van der Waals surface area contributed by atoms with Gasteiger partial charge in [0, 0.05) is 32.2 Å². The van der Waals surface area contributed by atoms with Crippen molar-refractivity contribution in [2.75, 3.05) is 26.2 Å². The van der Waals surface area contributed by atoms with Gasteiger partial charge in [0.2, 0.25) is 5.91 Å². The van der Waals surface area contributed by atoms with Crippen molar-refractivity contribution in [2.24, 2.45) is 0 Å². The molecule has 1 atom stereocenters. The lowest BCUT2D eigenvalue weighted by Gasteiger charge is -2.32. The summed E-state index contributed by atoms with van der Waals surface area (Å²) in [6, 6.07) is 0.568. The van der Waals surface area contributed by atoms with Gasteiger partial charge >= 0.3 is 0 Å². The minimum absolute atomic E-state index is 0.335. The number of ether oxygens (including phenoxy) is 1. The molecule has 0 saturated carbocycles. The first-order valence-electron chi connectivity index (χ1n) is 7.92. The van der Waals surface area contributed by atoms with Gasteiger partial charge in [-0.1, -0.05) is 6.42 Å². The molecule has 19 heavy (non-hydrogen) atoms. The van der Waals surface area contributed by atoms with Crippen LogP contribution in [0.1, 0.15) is 51.9 Å². The Balaban J connectivity index is 1.63. The normalized spacial score (nSPS) is 25.5. The molecule has 0 aliphatic carbocycles. The van der Waals surface area contributed by atoms with Crippen molar-refractivity contribution in [3.05, 3.63) is 0 Å². The van der Waals surface area contributed by atoms with Crippen LogP contribution in [0.15, 0.2) is 0 Å². The third kappa shape index (κ3) is 4.77. The topological polar surface area (TPSA) is 41.6 Å². The van der Waals surface area contributed by atoms with Crippen molar-refractivity contribution in [2.45, 2.75) is 64.0 Å². The molecule has 1 N–H and O–H groups in total. The molecule has 1 unspecified atom stereocenters. The molecule has 0 bridgehead atoms. The number of carbonyl (C=O) groups is 1. The quantitative estimate of drug-likeness (QED) is 0.828. The van der Waals surface area contributed by atoms with E-state index in [9.17, 15) is 4.79 Å². The Morgan fingerprint density at radius 2 is 2.05 bits per heavy atom. The highest BCUT2D eigenvalue weighted by atomic mass is 16.5. The molecule has 0 aromatic heterocycles. The van der Waals surface area contributed by atoms with E-state index in [0.29, 0.717) is 24.5 Å². The Hall–Kier alpha value is -0.610. The third-order valence-corrected chi connectivity index (χ3v) is 4.32. The molecule has 2 aliphatic heterocycles. The predicted octanol–water partition coefficient (Wildman–Crippen LogP) is 1.94. The molecule has 0 radical (unpaired) electrons. The van der Waals surface area contributed by atoms with Crippen LogP contribution in [-0.2, 0) is 9.53 Å². The smallest absolute Gasteiger partial charge is 0.222 e. The fourth-order valence-corrected chi connectivity index (χ4v) is 3.13. The van der Waals surface area contributed by atoms with Crippen molar-refractivity contribution in [3.63, 3.8) is 0 Å². The van der Waals surface area contributed by atoms with E-state index in [4.69, 9.17) is 4.74 Å². The lowest BCUT2D eigenvalue weighted by atomic mass is 10.00. The van der Waals surface area contributed by atoms with Crippen LogP contribution in [0.2, 0.25) is 0 Å². The molecular formula is C15H28N2O2. The number of nitrogens with one attached hydrogen (secondary N) is 1. The van der Waals surface area contributed by atoms with Crippen molar-refractivity contribution in [1.82, 2.24) is 10.2 Å². The van der Waals surface area contributed by atoms with Gasteiger partial charge in [-0.25, -0.2) is 0 Å². The Labute approximate surface area is 116 Å². The minimum atomic E-state index is 0.335. The number of rotatable bonds is 5. The van der Waals surface area contributed by atoms with Crippen LogP contribution in [0.4, 0.5) is 0 Å². The highest BCUT2D eigenvalue weighted by molar-refractivity contribution is 5.76. The minimum Gasteiger partial charge on any atom is -0.378 e. The molecule has 110 valence electrons. The number of nitrogens with zero attached hydrogens (tertiary/aromatic N) is 1. The molecular weight excluding hydrogens is 240 g/mol. The highest BCUT2D eigenvalue weighted by Crippen LogP contribution is 2.17. The molecule has 4 heteroatoms. The standard InChI is InChI=1S/C15H28N2O2/c1-2-19-14-8-11-17(12-9-14)15(18)7-6-13-5-3-4-10-16-13/h13-14,16H,2-12H2,1H3. The van der Waals surface area contributed by atoms with Gasteiger partial charge in [-0.2, -0.15) is 0 Å².